The van der Waals surface area contributed by atoms with Gasteiger partial charge in [0.25, 0.3) is 0 Å². The first-order valence-electron chi connectivity index (χ1n) is 5.00. The van der Waals surface area contributed by atoms with Gasteiger partial charge in [-0.25, -0.2) is 4.98 Å². The molecular formula is C9H17N3O2S. The van der Waals surface area contributed by atoms with Crippen LogP contribution in [0, 0.1) is 0 Å². The second-order valence-corrected chi connectivity index (χ2v) is 3.77. The van der Waals surface area contributed by atoms with E-state index in [1.807, 2.05) is 0 Å². The second-order valence-electron chi connectivity index (χ2n) is 2.99. The van der Waals surface area contributed by atoms with Crippen LogP contribution in [0.15, 0.2) is 6.33 Å². The molecule has 0 radical (unpaired) electrons. The minimum Gasteiger partial charge on any atom is -0.382 e. The van der Waals surface area contributed by atoms with Crippen molar-refractivity contribution in [3.8, 4) is 0 Å². The molecule has 0 aliphatic heterocycles. The van der Waals surface area contributed by atoms with Gasteiger partial charge in [0, 0.05) is 31.8 Å². The molecule has 0 unspecified atom stereocenters. The van der Waals surface area contributed by atoms with E-state index in [-0.39, 0.29) is 0 Å². The minimum atomic E-state index is 0.670. The van der Waals surface area contributed by atoms with Gasteiger partial charge in [0.15, 0.2) is 0 Å². The summed E-state index contributed by atoms with van der Waals surface area (Å²) < 4.78 is 14.1. The summed E-state index contributed by atoms with van der Waals surface area (Å²) in [4.78, 5) is 4.02. The summed E-state index contributed by atoms with van der Waals surface area (Å²) in [5.41, 5.74) is 0. The molecule has 6 heteroatoms. The highest BCUT2D eigenvalue weighted by atomic mass is 32.1. The molecule has 0 aliphatic rings. The van der Waals surface area contributed by atoms with Crippen molar-refractivity contribution in [1.29, 1.82) is 0 Å². The van der Waals surface area contributed by atoms with Gasteiger partial charge in [-0.1, -0.05) is 0 Å². The topological polar surface area (TPSA) is 56.3 Å². The highest BCUT2D eigenvalue weighted by Crippen LogP contribution is 2.06. The van der Waals surface area contributed by atoms with E-state index in [0.29, 0.717) is 13.2 Å². The monoisotopic (exact) mass is 231 g/mol. The third kappa shape index (κ3) is 6.38. The van der Waals surface area contributed by atoms with E-state index >= 15 is 0 Å². The highest BCUT2D eigenvalue weighted by molar-refractivity contribution is 7.09. The summed E-state index contributed by atoms with van der Waals surface area (Å²) in [7, 11) is 1.68. The quantitative estimate of drug-likeness (QED) is 0.651. The van der Waals surface area contributed by atoms with Crippen LogP contribution >= 0.6 is 11.5 Å². The fraction of sp³-hybridized carbons (Fsp3) is 0.778. The summed E-state index contributed by atoms with van der Waals surface area (Å²) >= 11 is 1.38. The summed E-state index contributed by atoms with van der Waals surface area (Å²) in [6, 6.07) is 0. The molecule has 0 aromatic carbocycles. The molecule has 0 aliphatic carbocycles. The molecule has 0 bridgehead atoms. The third-order valence-electron chi connectivity index (χ3n) is 1.78. The molecule has 0 spiro atoms. The molecule has 1 aromatic rings. The van der Waals surface area contributed by atoms with Crippen LogP contribution in [-0.2, 0) is 9.47 Å². The Kier molecular flexibility index (Phi) is 7.06. The van der Waals surface area contributed by atoms with Gasteiger partial charge >= 0.3 is 0 Å². The Labute approximate surface area is 94.0 Å². The fourth-order valence-electron chi connectivity index (χ4n) is 1.02. The van der Waals surface area contributed by atoms with Crippen molar-refractivity contribution in [2.75, 3.05) is 38.8 Å². The van der Waals surface area contributed by atoms with Crippen molar-refractivity contribution >= 4 is 16.7 Å². The van der Waals surface area contributed by atoms with Crippen LogP contribution < -0.4 is 5.32 Å². The molecular weight excluding hydrogens is 214 g/mol. The number of rotatable bonds is 9. The van der Waals surface area contributed by atoms with Crippen LogP contribution in [-0.4, -0.2) is 42.8 Å². The standard InChI is InChI=1S/C9H17N3O2S/c1-13-6-7-14-5-3-2-4-10-9-11-8-12-15-9/h8H,2-7H2,1H3,(H,10,11,12). The number of anilines is 1. The first-order chi connectivity index (χ1) is 7.43. The van der Waals surface area contributed by atoms with Crippen molar-refractivity contribution in [3.63, 3.8) is 0 Å². The third-order valence-corrected chi connectivity index (χ3v) is 2.41. The number of nitrogens with zero attached hydrogens (tertiary/aromatic N) is 2. The van der Waals surface area contributed by atoms with Crippen LogP contribution in [0.25, 0.3) is 0 Å². The lowest BCUT2D eigenvalue weighted by Crippen LogP contribution is -2.06. The molecule has 5 nitrogen and oxygen atoms in total. The predicted octanol–water partition coefficient (Wildman–Crippen LogP) is 1.39. The average Bonchev–Trinajstić information content (AvgIpc) is 2.75. The van der Waals surface area contributed by atoms with Crippen molar-refractivity contribution in [1.82, 2.24) is 9.36 Å². The zero-order valence-electron chi connectivity index (χ0n) is 8.94. The van der Waals surface area contributed by atoms with Gasteiger partial charge in [-0.2, -0.15) is 4.37 Å². The Bertz CT molecular complexity index is 231. The molecule has 0 fully saturated rings. The van der Waals surface area contributed by atoms with E-state index < -0.39 is 0 Å². The van der Waals surface area contributed by atoms with E-state index in [1.165, 1.54) is 11.5 Å². The molecule has 1 N–H and O–H groups in total. The SMILES string of the molecule is COCCOCCCCNc1ncns1. The summed E-state index contributed by atoms with van der Waals surface area (Å²) in [6.07, 6.45) is 3.68. The van der Waals surface area contributed by atoms with E-state index in [0.717, 1.165) is 31.1 Å². The molecule has 15 heavy (non-hydrogen) atoms. The van der Waals surface area contributed by atoms with E-state index in [2.05, 4.69) is 14.7 Å². The number of nitrogens with one attached hydrogen (secondary N) is 1. The predicted molar refractivity (Wildman–Crippen MR) is 60.3 cm³/mol. The van der Waals surface area contributed by atoms with Crippen LogP contribution in [0.3, 0.4) is 0 Å². The Morgan fingerprint density at radius 2 is 2.27 bits per heavy atom. The maximum Gasteiger partial charge on any atom is 0.202 e. The number of hydrogen-bond acceptors (Lipinski definition) is 6. The van der Waals surface area contributed by atoms with Gasteiger partial charge in [0.1, 0.15) is 6.33 Å². The lowest BCUT2D eigenvalue weighted by atomic mass is 10.3. The van der Waals surface area contributed by atoms with Crippen LogP contribution in [0.4, 0.5) is 5.13 Å². The zero-order valence-corrected chi connectivity index (χ0v) is 9.76. The number of ether oxygens (including phenoxy) is 2. The molecule has 1 rings (SSSR count). The van der Waals surface area contributed by atoms with Crippen LogP contribution in [0.5, 0.6) is 0 Å². The van der Waals surface area contributed by atoms with Crippen molar-refractivity contribution in [2.24, 2.45) is 0 Å². The number of methoxy groups -OCH3 is 1. The smallest absolute Gasteiger partial charge is 0.202 e. The number of hydrogen-bond donors (Lipinski definition) is 1. The van der Waals surface area contributed by atoms with E-state index in [1.54, 1.807) is 13.4 Å². The number of aromatic nitrogens is 2. The van der Waals surface area contributed by atoms with Crippen molar-refractivity contribution in [3.05, 3.63) is 6.33 Å². The fourth-order valence-corrected chi connectivity index (χ4v) is 1.47. The van der Waals surface area contributed by atoms with Crippen molar-refractivity contribution in [2.45, 2.75) is 12.8 Å². The van der Waals surface area contributed by atoms with E-state index in [9.17, 15) is 0 Å². The molecule has 86 valence electrons. The molecule has 1 aromatic heterocycles. The maximum atomic E-state index is 5.33. The van der Waals surface area contributed by atoms with Gasteiger partial charge in [0.05, 0.1) is 13.2 Å². The van der Waals surface area contributed by atoms with Crippen LogP contribution in [0.2, 0.25) is 0 Å². The van der Waals surface area contributed by atoms with Gasteiger partial charge in [-0.05, 0) is 12.8 Å². The van der Waals surface area contributed by atoms with Crippen LogP contribution in [0.1, 0.15) is 12.8 Å². The van der Waals surface area contributed by atoms with Crippen molar-refractivity contribution < 1.29 is 9.47 Å². The largest absolute Gasteiger partial charge is 0.382 e. The summed E-state index contributed by atoms with van der Waals surface area (Å²) in [6.45, 7) is 3.06. The Balaban J connectivity index is 1.81. The maximum absolute atomic E-state index is 5.33. The minimum absolute atomic E-state index is 0.670. The van der Waals surface area contributed by atoms with Gasteiger partial charge < -0.3 is 14.8 Å². The average molecular weight is 231 g/mol. The Hall–Kier alpha value is -0.720. The molecule has 0 atom stereocenters. The highest BCUT2D eigenvalue weighted by Gasteiger charge is 1.94. The molecule has 1 heterocycles. The molecule has 0 amide bonds. The first kappa shape index (κ1) is 12.4. The molecule has 0 saturated heterocycles. The van der Waals surface area contributed by atoms with E-state index in [4.69, 9.17) is 9.47 Å². The summed E-state index contributed by atoms with van der Waals surface area (Å²) in [5, 5.41) is 4.08. The zero-order chi connectivity index (χ0) is 10.8. The Morgan fingerprint density at radius 3 is 3.00 bits per heavy atom. The lowest BCUT2D eigenvalue weighted by Gasteiger charge is -2.03. The number of unbranched alkanes of at least 4 members (excludes halogenated alkanes) is 1. The van der Waals surface area contributed by atoms with Gasteiger partial charge in [0.2, 0.25) is 5.13 Å². The van der Waals surface area contributed by atoms with Gasteiger partial charge in [-0.15, -0.1) is 0 Å². The van der Waals surface area contributed by atoms with Gasteiger partial charge in [-0.3, -0.25) is 0 Å². The molecule has 0 saturated carbocycles. The normalized spacial score (nSPS) is 10.5. The summed E-state index contributed by atoms with van der Waals surface area (Å²) in [5.74, 6) is 0. The first-order valence-corrected chi connectivity index (χ1v) is 5.78. The lowest BCUT2D eigenvalue weighted by molar-refractivity contribution is 0.0691. The second kappa shape index (κ2) is 8.58. The Morgan fingerprint density at radius 1 is 1.33 bits per heavy atom.